The Balaban J connectivity index is 2.57. The highest BCUT2D eigenvalue weighted by molar-refractivity contribution is 5.83. The summed E-state index contributed by atoms with van der Waals surface area (Å²) in [4.78, 5) is 22.9. The van der Waals surface area contributed by atoms with Gasteiger partial charge in [0.15, 0.2) is 0 Å². The van der Waals surface area contributed by atoms with Crippen molar-refractivity contribution in [1.29, 1.82) is 0 Å². The number of urea groups is 1. The molecule has 0 aliphatic carbocycles. The second-order valence-corrected chi connectivity index (χ2v) is 5.95. The monoisotopic (exact) mass is 278 g/mol. The molecule has 20 heavy (non-hydrogen) atoms. The zero-order valence-corrected chi connectivity index (χ0v) is 12.4. The van der Waals surface area contributed by atoms with Crippen LogP contribution in [-0.2, 0) is 11.3 Å². The first kappa shape index (κ1) is 16.0. The van der Waals surface area contributed by atoms with E-state index in [0.29, 0.717) is 6.54 Å². The quantitative estimate of drug-likeness (QED) is 0.790. The third kappa shape index (κ3) is 4.91. The number of carboxylic acids is 1. The van der Waals surface area contributed by atoms with Gasteiger partial charge in [0.25, 0.3) is 0 Å². The predicted molar refractivity (Wildman–Crippen MR) is 77.4 cm³/mol. The highest BCUT2D eigenvalue weighted by Gasteiger charge is 2.32. The van der Waals surface area contributed by atoms with E-state index in [1.165, 1.54) is 0 Å². The lowest BCUT2D eigenvalue weighted by molar-refractivity contribution is -0.141. The van der Waals surface area contributed by atoms with E-state index in [1.54, 1.807) is 20.8 Å². The topological polar surface area (TPSA) is 78.4 Å². The number of carbonyl (C=O) groups is 2. The maximum absolute atomic E-state index is 11.8. The fourth-order valence-electron chi connectivity index (χ4n) is 1.84. The summed E-state index contributed by atoms with van der Waals surface area (Å²) in [5.74, 6) is -1.04. The van der Waals surface area contributed by atoms with Crippen LogP contribution in [0.25, 0.3) is 0 Å². The molecule has 0 aliphatic rings. The molecule has 1 atom stereocenters. The Labute approximate surface area is 119 Å². The number of amides is 2. The molecule has 0 aliphatic heterocycles. The lowest BCUT2D eigenvalue weighted by Gasteiger charge is -2.27. The molecular formula is C15H22N2O3. The SMILES string of the molecule is Cc1cccc(CNC(=O)N[C@@H](C(=O)O)C(C)(C)C)c1. The summed E-state index contributed by atoms with van der Waals surface area (Å²) < 4.78 is 0. The van der Waals surface area contributed by atoms with Gasteiger partial charge in [0.05, 0.1) is 0 Å². The second-order valence-electron chi connectivity index (χ2n) is 5.95. The van der Waals surface area contributed by atoms with Crippen molar-refractivity contribution in [3.05, 3.63) is 35.4 Å². The highest BCUT2D eigenvalue weighted by atomic mass is 16.4. The molecule has 1 aromatic carbocycles. The minimum atomic E-state index is -1.04. The summed E-state index contributed by atoms with van der Waals surface area (Å²) in [6, 6.07) is 6.36. The average Bonchev–Trinajstić information content (AvgIpc) is 2.31. The van der Waals surface area contributed by atoms with Gasteiger partial charge in [0, 0.05) is 6.54 Å². The van der Waals surface area contributed by atoms with Crippen LogP contribution in [0.4, 0.5) is 4.79 Å². The molecule has 3 N–H and O–H groups in total. The van der Waals surface area contributed by atoms with Gasteiger partial charge in [-0.1, -0.05) is 50.6 Å². The molecule has 0 unspecified atom stereocenters. The van der Waals surface area contributed by atoms with Crippen LogP contribution in [0.2, 0.25) is 0 Å². The minimum absolute atomic E-state index is 0.365. The number of aliphatic carboxylic acids is 1. The minimum Gasteiger partial charge on any atom is -0.480 e. The molecular weight excluding hydrogens is 256 g/mol. The van der Waals surface area contributed by atoms with E-state index in [2.05, 4.69) is 10.6 Å². The number of carbonyl (C=O) groups excluding carboxylic acids is 1. The molecule has 5 nitrogen and oxygen atoms in total. The normalized spacial score (nSPS) is 12.6. The fraction of sp³-hybridized carbons (Fsp3) is 0.467. The van der Waals surface area contributed by atoms with Crippen molar-refractivity contribution in [2.75, 3.05) is 0 Å². The molecule has 0 radical (unpaired) electrons. The Morgan fingerprint density at radius 3 is 2.45 bits per heavy atom. The number of aryl methyl sites for hydroxylation is 1. The second kappa shape index (κ2) is 6.41. The molecule has 0 fully saturated rings. The molecule has 0 saturated carbocycles. The van der Waals surface area contributed by atoms with Crippen LogP contribution in [0.15, 0.2) is 24.3 Å². The van der Waals surface area contributed by atoms with Crippen molar-refractivity contribution in [2.45, 2.75) is 40.3 Å². The molecule has 2 amide bonds. The van der Waals surface area contributed by atoms with Gasteiger partial charge in [-0.15, -0.1) is 0 Å². The van der Waals surface area contributed by atoms with E-state index in [4.69, 9.17) is 5.11 Å². The molecule has 0 bridgehead atoms. The Hall–Kier alpha value is -2.04. The number of benzene rings is 1. The fourth-order valence-corrected chi connectivity index (χ4v) is 1.84. The van der Waals surface area contributed by atoms with Crippen LogP contribution in [0.1, 0.15) is 31.9 Å². The lowest BCUT2D eigenvalue weighted by atomic mass is 9.87. The first-order valence-corrected chi connectivity index (χ1v) is 6.53. The molecule has 0 heterocycles. The largest absolute Gasteiger partial charge is 0.480 e. The van der Waals surface area contributed by atoms with Crippen LogP contribution in [-0.4, -0.2) is 23.1 Å². The van der Waals surface area contributed by atoms with Crippen LogP contribution in [0, 0.1) is 12.3 Å². The molecule has 0 saturated heterocycles. The average molecular weight is 278 g/mol. The molecule has 1 aromatic rings. The van der Waals surface area contributed by atoms with Crippen molar-refractivity contribution in [3.63, 3.8) is 0 Å². The van der Waals surface area contributed by atoms with Gasteiger partial charge in [-0.3, -0.25) is 0 Å². The molecule has 110 valence electrons. The summed E-state index contributed by atoms with van der Waals surface area (Å²) in [6.07, 6.45) is 0. The van der Waals surface area contributed by atoms with Gasteiger partial charge < -0.3 is 15.7 Å². The van der Waals surface area contributed by atoms with Gasteiger partial charge in [-0.25, -0.2) is 9.59 Å². The number of rotatable bonds is 4. The van der Waals surface area contributed by atoms with E-state index in [0.717, 1.165) is 11.1 Å². The molecule has 1 rings (SSSR count). The van der Waals surface area contributed by atoms with Crippen molar-refractivity contribution in [1.82, 2.24) is 10.6 Å². The standard InChI is InChI=1S/C15H22N2O3/c1-10-6-5-7-11(8-10)9-16-14(20)17-12(13(18)19)15(2,3)4/h5-8,12H,9H2,1-4H3,(H,18,19)(H2,16,17,20)/t12-/m0/s1. The summed E-state index contributed by atoms with van der Waals surface area (Å²) in [7, 11) is 0. The summed E-state index contributed by atoms with van der Waals surface area (Å²) >= 11 is 0. The van der Waals surface area contributed by atoms with Crippen molar-refractivity contribution >= 4 is 12.0 Å². The number of hydrogen-bond donors (Lipinski definition) is 3. The van der Waals surface area contributed by atoms with Crippen LogP contribution >= 0.6 is 0 Å². The Morgan fingerprint density at radius 2 is 1.95 bits per heavy atom. The lowest BCUT2D eigenvalue weighted by Crippen LogP contribution is -2.52. The third-order valence-electron chi connectivity index (χ3n) is 2.92. The Bertz CT molecular complexity index is 492. The van der Waals surface area contributed by atoms with Gasteiger partial charge in [0.2, 0.25) is 0 Å². The van der Waals surface area contributed by atoms with E-state index in [1.807, 2.05) is 31.2 Å². The molecule has 0 aromatic heterocycles. The zero-order chi connectivity index (χ0) is 15.3. The Morgan fingerprint density at radius 1 is 1.30 bits per heavy atom. The van der Waals surface area contributed by atoms with E-state index in [9.17, 15) is 9.59 Å². The zero-order valence-electron chi connectivity index (χ0n) is 12.4. The summed E-state index contributed by atoms with van der Waals surface area (Å²) in [5, 5.41) is 14.3. The van der Waals surface area contributed by atoms with Crippen LogP contribution < -0.4 is 10.6 Å². The van der Waals surface area contributed by atoms with E-state index < -0.39 is 23.5 Å². The Kier molecular flexibility index (Phi) is 5.13. The molecule has 0 spiro atoms. The van der Waals surface area contributed by atoms with E-state index >= 15 is 0 Å². The van der Waals surface area contributed by atoms with Gasteiger partial charge in [0.1, 0.15) is 6.04 Å². The van der Waals surface area contributed by atoms with Crippen molar-refractivity contribution in [3.8, 4) is 0 Å². The maximum atomic E-state index is 11.8. The highest BCUT2D eigenvalue weighted by Crippen LogP contribution is 2.19. The van der Waals surface area contributed by atoms with Crippen molar-refractivity contribution < 1.29 is 14.7 Å². The first-order valence-electron chi connectivity index (χ1n) is 6.53. The van der Waals surface area contributed by atoms with Crippen LogP contribution in [0.5, 0.6) is 0 Å². The number of hydrogen-bond acceptors (Lipinski definition) is 2. The van der Waals surface area contributed by atoms with Gasteiger partial charge >= 0.3 is 12.0 Å². The third-order valence-corrected chi connectivity index (χ3v) is 2.92. The molecule has 5 heteroatoms. The summed E-state index contributed by atoms with van der Waals surface area (Å²) in [5.41, 5.74) is 1.54. The van der Waals surface area contributed by atoms with Crippen molar-refractivity contribution in [2.24, 2.45) is 5.41 Å². The van der Waals surface area contributed by atoms with Gasteiger partial charge in [-0.2, -0.15) is 0 Å². The van der Waals surface area contributed by atoms with E-state index in [-0.39, 0.29) is 0 Å². The predicted octanol–water partition coefficient (Wildman–Crippen LogP) is 2.29. The first-order chi connectivity index (χ1) is 9.20. The maximum Gasteiger partial charge on any atom is 0.326 e. The number of carboxylic acid groups (broad SMARTS) is 1. The summed E-state index contributed by atoms with van der Waals surface area (Å²) in [6.45, 7) is 7.65. The number of nitrogens with one attached hydrogen (secondary N) is 2. The smallest absolute Gasteiger partial charge is 0.326 e. The van der Waals surface area contributed by atoms with Gasteiger partial charge in [-0.05, 0) is 17.9 Å². The van der Waals surface area contributed by atoms with Crippen LogP contribution in [0.3, 0.4) is 0 Å².